The van der Waals surface area contributed by atoms with Crippen LogP contribution >= 0.6 is 12.2 Å². The summed E-state index contributed by atoms with van der Waals surface area (Å²) in [6.07, 6.45) is 0. The number of hydrogen-bond acceptors (Lipinski definition) is 6. The van der Waals surface area contributed by atoms with E-state index >= 15 is 0 Å². The van der Waals surface area contributed by atoms with Crippen LogP contribution < -0.4 is 5.32 Å². The van der Waals surface area contributed by atoms with Gasteiger partial charge in [0.2, 0.25) is 0 Å². The van der Waals surface area contributed by atoms with E-state index in [1.54, 1.807) is 42.8 Å². The maximum Gasteiger partial charge on any atom is 0.312 e. The number of rotatable bonds is 7. The number of nitro groups is 1. The minimum atomic E-state index is -0.419. The van der Waals surface area contributed by atoms with Crippen LogP contribution in [0.25, 0.3) is 0 Å². The molecule has 3 aromatic rings. The van der Waals surface area contributed by atoms with Gasteiger partial charge in [-0.05, 0) is 50.7 Å². The van der Waals surface area contributed by atoms with E-state index < -0.39 is 4.92 Å². The van der Waals surface area contributed by atoms with Crippen LogP contribution in [-0.4, -0.2) is 35.4 Å². The Kier molecular flexibility index (Phi) is 5.87. The first-order valence-corrected chi connectivity index (χ1v) is 9.42. The lowest BCUT2D eigenvalue weighted by Crippen LogP contribution is -2.24. The summed E-state index contributed by atoms with van der Waals surface area (Å²) in [7, 11) is 0. The summed E-state index contributed by atoms with van der Waals surface area (Å²) in [5.41, 5.74) is 2.30. The topological polar surface area (TPSA) is 124 Å². The van der Waals surface area contributed by atoms with Crippen molar-refractivity contribution in [3.05, 3.63) is 67.5 Å². The molecule has 11 heteroatoms. The van der Waals surface area contributed by atoms with Crippen molar-refractivity contribution in [2.24, 2.45) is 0 Å². The lowest BCUT2D eigenvalue weighted by Gasteiger charge is -2.08. The second-order valence-electron chi connectivity index (χ2n) is 6.50. The van der Waals surface area contributed by atoms with Gasteiger partial charge in [-0.25, -0.2) is 0 Å². The van der Waals surface area contributed by atoms with E-state index in [4.69, 9.17) is 12.2 Å². The number of nitrogens with one attached hydrogen (secondary N) is 2. The van der Waals surface area contributed by atoms with Gasteiger partial charge in [0.15, 0.2) is 10.6 Å². The van der Waals surface area contributed by atoms with Crippen molar-refractivity contribution < 1.29 is 9.72 Å². The molecule has 152 valence electrons. The minimum Gasteiger partial charge on any atom is -0.345 e. The van der Waals surface area contributed by atoms with Gasteiger partial charge in [0.1, 0.15) is 11.4 Å². The highest BCUT2D eigenvalue weighted by Gasteiger charge is 2.21. The molecule has 10 nitrogen and oxygen atoms in total. The van der Waals surface area contributed by atoms with Gasteiger partial charge in [-0.2, -0.15) is 10.2 Å². The molecule has 1 aromatic carbocycles. The van der Waals surface area contributed by atoms with Crippen LogP contribution in [0, 0.1) is 28.7 Å². The number of aromatic amines is 1. The molecule has 0 aliphatic rings. The lowest BCUT2D eigenvalue weighted by atomic mass is 10.1. The first-order chi connectivity index (χ1) is 13.8. The van der Waals surface area contributed by atoms with Crippen LogP contribution in [0.4, 0.5) is 5.69 Å². The van der Waals surface area contributed by atoms with Gasteiger partial charge < -0.3 is 9.88 Å². The summed E-state index contributed by atoms with van der Waals surface area (Å²) >= 11 is 5.13. The molecule has 3 rings (SSSR count). The fraction of sp³-hybridized carbons (Fsp3) is 0.333. The van der Waals surface area contributed by atoms with Crippen molar-refractivity contribution in [3.63, 3.8) is 0 Å². The molecular weight excluding hydrogens is 394 g/mol. The van der Waals surface area contributed by atoms with Crippen LogP contribution in [0.3, 0.4) is 0 Å². The van der Waals surface area contributed by atoms with Crippen molar-refractivity contribution >= 4 is 23.8 Å². The number of hydrogen-bond donors (Lipinski definition) is 2. The Morgan fingerprint density at radius 2 is 2.00 bits per heavy atom. The second kappa shape index (κ2) is 8.35. The highest BCUT2D eigenvalue weighted by Crippen LogP contribution is 2.22. The van der Waals surface area contributed by atoms with Gasteiger partial charge in [-0.15, -0.1) is 0 Å². The first-order valence-electron chi connectivity index (χ1n) is 9.01. The summed E-state index contributed by atoms with van der Waals surface area (Å²) in [5.74, 6) is 0.434. The summed E-state index contributed by atoms with van der Waals surface area (Å²) < 4.78 is 3.92. The summed E-state index contributed by atoms with van der Waals surface area (Å²) in [6.45, 7) is 6.55. The van der Waals surface area contributed by atoms with Crippen molar-refractivity contribution in [2.75, 3.05) is 0 Å². The van der Waals surface area contributed by atoms with E-state index in [9.17, 15) is 14.9 Å². The smallest absolute Gasteiger partial charge is 0.312 e. The maximum absolute atomic E-state index is 12.4. The fourth-order valence-corrected chi connectivity index (χ4v) is 3.39. The molecule has 0 aliphatic heterocycles. The van der Waals surface area contributed by atoms with Crippen molar-refractivity contribution in [1.29, 1.82) is 0 Å². The van der Waals surface area contributed by atoms with Crippen molar-refractivity contribution in [3.8, 4) is 0 Å². The molecule has 0 fully saturated rings. The number of carbonyl (C=O) groups excluding carboxylic acids is 1. The molecule has 29 heavy (non-hydrogen) atoms. The predicted molar refractivity (Wildman–Crippen MR) is 108 cm³/mol. The molecule has 2 N–H and O–H groups in total. The first kappa shape index (κ1) is 20.4. The standard InChI is InChI=1S/C18H21N7O3S/c1-4-23-15(20-21-18(23)29)9-19-17(26)14-7-5-13(6-8-14)10-24-12(3)16(25(27)28)11(2)22-24/h5-8H,4,9-10H2,1-3H3,(H,19,26)(H,21,29). The number of carbonyl (C=O) groups is 1. The Morgan fingerprint density at radius 1 is 1.31 bits per heavy atom. The Hall–Kier alpha value is -3.34. The number of H-pyrrole nitrogens is 1. The zero-order valence-electron chi connectivity index (χ0n) is 16.3. The number of aromatic nitrogens is 5. The number of nitrogens with zero attached hydrogens (tertiary/aromatic N) is 5. The van der Waals surface area contributed by atoms with Gasteiger partial charge in [0, 0.05) is 12.1 Å². The van der Waals surface area contributed by atoms with Crippen LogP contribution in [-0.2, 0) is 19.6 Å². The Bertz CT molecular complexity index is 1110. The second-order valence-corrected chi connectivity index (χ2v) is 6.89. The van der Waals surface area contributed by atoms with E-state index in [-0.39, 0.29) is 18.1 Å². The fourth-order valence-electron chi connectivity index (χ4n) is 3.11. The molecule has 0 unspecified atom stereocenters. The van der Waals surface area contributed by atoms with E-state index in [1.807, 2.05) is 11.5 Å². The van der Waals surface area contributed by atoms with Crippen LogP contribution in [0.1, 0.15) is 40.1 Å². The summed E-state index contributed by atoms with van der Waals surface area (Å²) in [6, 6.07) is 7.03. The SMILES string of the molecule is CCn1c(CNC(=O)c2ccc(Cn3nc(C)c([N+](=O)[O-])c3C)cc2)n[nH]c1=S. The van der Waals surface area contributed by atoms with Crippen LogP contribution in [0.2, 0.25) is 0 Å². The Labute approximate surface area is 171 Å². The number of amides is 1. The third kappa shape index (κ3) is 4.24. The normalized spacial score (nSPS) is 10.9. The quantitative estimate of drug-likeness (QED) is 0.347. The molecule has 1 amide bonds. The van der Waals surface area contributed by atoms with Gasteiger partial charge in [0.05, 0.1) is 18.0 Å². The Balaban J connectivity index is 1.67. The zero-order chi connectivity index (χ0) is 21.1. The molecule has 0 saturated heterocycles. The largest absolute Gasteiger partial charge is 0.345 e. The number of aryl methyl sites for hydroxylation is 1. The van der Waals surface area contributed by atoms with Crippen LogP contribution in [0.5, 0.6) is 0 Å². The molecule has 0 aliphatic carbocycles. The molecule has 0 atom stereocenters. The molecule has 0 saturated carbocycles. The summed E-state index contributed by atoms with van der Waals surface area (Å²) in [4.78, 5) is 23.1. The predicted octanol–water partition coefficient (Wildman–Crippen LogP) is 2.66. The zero-order valence-corrected chi connectivity index (χ0v) is 17.1. The van der Waals surface area contributed by atoms with E-state index in [0.717, 1.165) is 5.56 Å². The minimum absolute atomic E-state index is 0.0333. The molecular formula is C18H21N7O3S. The average molecular weight is 415 g/mol. The molecule has 2 aromatic heterocycles. The van der Waals surface area contributed by atoms with E-state index in [0.29, 0.717) is 40.6 Å². The maximum atomic E-state index is 12.4. The van der Waals surface area contributed by atoms with Gasteiger partial charge in [-0.1, -0.05) is 12.1 Å². The molecule has 0 spiro atoms. The van der Waals surface area contributed by atoms with E-state index in [1.165, 1.54) is 0 Å². The molecule has 2 heterocycles. The van der Waals surface area contributed by atoms with E-state index in [2.05, 4.69) is 20.6 Å². The van der Waals surface area contributed by atoms with Crippen molar-refractivity contribution in [1.82, 2.24) is 29.9 Å². The third-order valence-electron chi connectivity index (χ3n) is 4.63. The van der Waals surface area contributed by atoms with Gasteiger partial charge in [-0.3, -0.25) is 24.7 Å². The Morgan fingerprint density at radius 3 is 2.59 bits per heavy atom. The van der Waals surface area contributed by atoms with Crippen LogP contribution in [0.15, 0.2) is 24.3 Å². The number of benzene rings is 1. The van der Waals surface area contributed by atoms with Crippen molar-refractivity contribution in [2.45, 2.75) is 40.4 Å². The van der Waals surface area contributed by atoms with Gasteiger partial charge in [0.25, 0.3) is 5.91 Å². The molecule has 0 radical (unpaired) electrons. The highest BCUT2D eigenvalue weighted by molar-refractivity contribution is 7.71. The lowest BCUT2D eigenvalue weighted by molar-refractivity contribution is -0.386. The average Bonchev–Trinajstić information content (AvgIpc) is 3.18. The van der Waals surface area contributed by atoms with Gasteiger partial charge >= 0.3 is 5.69 Å². The highest BCUT2D eigenvalue weighted by atomic mass is 32.1. The molecule has 0 bridgehead atoms. The third-order valence-corrected chi connectivity index (χ3v) is 4.95. The monoisotopic (exact) mass is 415 g/mol. The summed E-state index contributed by atoms with van der Waals surface area (Å²) in [5, 5.41) is 25.0.